The van der Waals surface area contributed by atoms with Gasteiger partial charge in [0.1, 0.15) is 16.4 Å². The molecule has 66 heavy (non-hydrogen) atoms. The highest BCUT2D eigenvalue weighted by atomic mass is 35.5. The van der Waals surface area contributed by atoms with Crippen LogP contribution in [0.15, 0.2) is 162 Å². The molecule has 7 aromatic rings. The molecule has 0 aliphatic carbocycles. The van der Waals surface area contributed by atoms with Crippen LogP contribution in [-0.4, -0.2) is 82.2 Å². The van der Waals surface area contributed by atoms with Crippen molar-refractivity contribution < 1.29 is 26.4 Å². The number of pyridine rings is 1. The molecule has 3 heterocycles. The van der Waals surface area contributed by atoms with E-state index in [1.165, 1.54) is 27.6 Å². The number of anilines is 2. The number of piperazine rings is 1. The number of carbonyl (C=O) groups is 1. The largest absolute Gasteiger partial charge is 0.456 e. The number of amides is 1. The molecule has 2 aliphatic rings. The lowest BCUT2D eigenvalue weighted by Gasteiger charge is -2.36. The Kier molecular flexibility index (Phi) is 13.1. The number of aryl methyl sites for hydroxylation is 1. The lowest BCUT2D eigenvalue weighted by atomic mass is 9.99. The second kappa shape index (κ2) is 19.3. The molecule has 9 rings (SSSR count). The second-order valence-electron chi connectivity index (χ2n) is 16.6. The summed E-state index contributed by atoms with van der Waals surface area (Å²) >= 11 is 6.16. The zero-order valence-electron chi connectivity index (χ0n) is 36.3. The molecule has 1 amide bonds. The summed E-state index contributed by atoms with van der Waals surface area (Å²) in [5.41, 5.74) is 6.29. The van der Waals surface area contributed by atoms with E-state index >= 15 is 0 Å². The van der Waals surface area contributed by atoms with Crippen molar-refractivity contribution in [1.29, 1.82) is 0 Å². The molecule has 0 spiro atoms. The van der Waals surface area contributed by atoms with Gasteiger partial charge in [0, 0.05) is 85.9 Å². The van der Waals surface area contributed by atoms with Crippen LogP contribution in [0.1, 0.15) is 34.3 Å². The highest BCUT2D eigenvalue weighted by molar-refractivity contribution is 7.90. The van der Waals surface area contributed by atoms with Crippen LogP contribution in [0.4, 0.5) is 11.4 Å². The van der Waals surface area contributed by atoms with Gasteiger partial charge in [0.05, 0.1) is 16.0 Å². The molecule has 2 N–H and O–H groups in total. The molecule has 2 fully saturated rings. The van der Waals surface area contributed by atoms with Crippen LogP contribution in [0, 0.1) is 6.92 Å². The van der Waals surface area contributed by atoms with Crippen LogP contribution in [0.3, 0.4) is 0 Å². The van der Waals surface area contributed by atoms with Crippen molar-refractivity contribution in [2.45, 2.75) is 42.1 Å². The normalized spacial score (nSPS) is 15.4. The Morgan fingerprint density at radius 2 is 1.48 bits per heavy atom. The third-order valence-corrected chi connectivity index (χ3v) is 15.8. The number of sulfonamides is 2. The first-order valence-electron chi connectivity index (χ1n) is 21.9. The molecule has 1 aromatic heterocycles. The van der Waals surface area contributed by atoms with Crippen molar-refractivity contribution in [3.63, 3.8) is 0 Å². The van der Waals surface area contributed by atoms with E-state index in [0.29, 0.717) is 47.8 Å². The molecular formula is C51H49ClN6O6S2. The van der Waals surface area contributed by atoms with Crippen LogP contribution in [-0.2, 0) is 26.6 Å². The summed E-state index contributed by atoms with van der Waals surface area (Å²) in [4.78, 5) is 23.0. The van der Waals surface area contributed by atoms with E-state index in [-0.39, 0.29) is 27.1 Å². The van der Waals surface area contributed by atoms with Gasteiger partial charge in [0.15, 0.2) is 0 Å². The van der Waals surface area contributed by atoms with E-state index in [1.54, 1.807) is 61.7 Å². The third-order valence-electron chi connectivity index (χ3n) is 12.2. The average Bonchev–Trinajstić information content (AvgIpc) is 3.33. The summed E-state index contributed by atoms with van der Waals surface area (Å²) in [6.45, 7) is 6.32. The van der Waals surface area contributed by atoms with E-state index in [0.717, 1.165) is 55.0 Å². The maximum Gasteiger partial charge on any atom is 0.268 e. The number of fused-ring (bicyclic) bond motifs is 1. The number of rotatable bonds is 13. The van der Waals surface area contributed by atoms with Crippen molar-refractivity contribution in [2.24, 2.45) is 0 Å². The van der Waals surface area contributed by atoms with E-state index in [1.807, 2.05) is 60.7 Å². The number of benzene rings is 6. The van der Waals surface area contributed by atoms with Gasteiger partial charge < -0.3 is 15.0 Å². The number of hydrogen-bond donors (Lipinski definition) is 2. The average molecular weight is 942 g/mol. The first-order valence-corrected chi connectivity index (χ1v) is 25.2. The molecule has 0 bridgehead atoms. The smallest absolute Gasteiger partial charge is 0.268 e. The number of ether oxygens (including phenoxy) is 1. The summed E-state index contributed by atoms with van der Waals surface area (Å²) in [6, 6.07) is 44.0. The Morgan fingerprint density at radius 3 is 2.24 bits per heavy atom. The maximum absolute atomic E-state index is 13.9. The molecule has 0 unspecified atom stereocenters. The quantitative estimate of drug-likeness (QED) is 0.115. The first-order chi connectivity index (χ1) is 31.9. The standard InChI is InChI=1S/C51H49ClN6O6S2/c1-36-33-44(21-23-47(36)54-41-24-27-58(28-25-41)66(62,63)49-15-7-10-38-11-8-26-53-50(38)49)65(60,61)55-51(59)46-22-20-42(34-48(46)64-43-12-3-2-4-13-43)57-31-29-56(30-32-57)35-39-9-5-6-14-45(39)37-16-18-40(52)19-17-37/h2-23,26,33-34,41,54H,24-25,27-32,35H2,1H3,(H,55,59). The van der Waals surface area contributed by atoms with E-state index in [4.69, 9.17) is 16.3 Å². The molecule has 12 nitrogen and oxygen atoms in total. The van der Waals surface area contributed by atoms with Gasteiger partial charge in [-0.15, -0.1) is 0 Å². The van der Waals surface area contributed by atoms with Crippen molar-refractivity contribution in [2.75, 3.05) is 49.5 Å². The SMILES string of the molecule is Cc1cc(S(=O)(=O)NC(=O)c2ccc(N3CCN(Cc4ccccc4-c4ccc(Cl)cc4)CC3)cc2Oc2ccccc2)ccc1NC1CCN(S(=O)(=O)c2cccc3cccnc23)CC1. The monoisotopic (exact) mass is 940 g/mol. The minimum atomic E-state index is -4.30. The summed E-state index contributed by atoms with van der Waals surface area (Å²) in [5.74, 6) is -0.0876. The molecule has 15 heteroatoms. The Morgan fingerprint density at radius 1 is 0.758 bits per heavy atom. The molecule has 6 aromatic carbocycles. The lowest BCUT2D eigenvalue weighted by Crippen LogP contribution is -2.46. The van der Waals surface area contributed by atoms with E-state index in [2.05, 4.69) is 49.1 Å². The predicted molar refractivity (Wildman–Crippen MR) is 260 cm³/mol. The third kappa shape index (κ3) is 9.93. The second-order valence-corrected chi connectivity index (χ2v) is 20.6. The van der Waals surface area contributed by atoms with Crippen LogP contribution in [0.5, 0.6) is 11.5 Å². The molecule has 338 valence electrons. The fourth-order valence-corrected chi connectivity index (χ4v) is 11.5. The van der Waals surface area contributed by atoms with Crippen molar-refractivity contribution in [1.82, 2.24) is 18.9 Å². The maximum atomic E-state index is 13.9. The molecular weight excluding hydrogens is 892 g/mol. The van der Waals surface area contributed by atoms with Gasteiger partial charge in [0.2, 0.25) is 10.0 Å². The van der Waals surface area contributed by atoms with Gasteiger partial charge >= 0.3 is 0 Å². The van der Waals surface area contributed by atoms with Crippen LogP contribution in [0.2, 0.25) is 5.02 Å². The Hall–Kier alpha value is -6.29. The van der Waals surface area contributed by atoms with Crippen LogP contribution in [0.25, 0.3) is 22.0 Å². The predicted octanol–water partition coefficient (Wildman–Crippen LogP) is 9.36. The Balaban J connectivity index is 0.846. The zero-order valence-corrected chi connectivity index (χ0v) is 38.7. The van der Waals surface area contributed by atoms with Crippen LogP contribution < -0.4 is 19.7 Å². The number of para-hydroxylation sites is 2. The zero-order chi connectivity index (χ0) is 45.8. The minimum absolute atomic E-state index is 0.0407. The van der Waals surface area contributed by atoms with Gasteiger partial charge in [-0.05, 0) is 109 Å². The molecule has 0 saturated carbocycles. The van der Waals surface area contributed by atoms with Gasteiger partial charge in [-0.25, -0.2) is 21.6 Å². The molecule has 2 aliphatic heterocycles. The lowest BCUT2D eigenvalue weighted by molar-refractivity contribution is 0.0979. The van der Waals surface area contributed by atoms with Crippen molar-refractivity contribution >= 4 is 59.8 Å². The summed E-state index contributed by atoms with van der Waals surface area (Å²) in [5, 5.41) is 4.94. The van der Waals surface area contributed by atoms with Crippen molar-refractivity contribution in [3.05, 3.63) is 174 Å². The summed E-state index contributed by atoms with van der Waals surface area (Å²) < 4.78 is 64.9. The van der Waals surface area contributed by atoms with Crippen molar-refractivity contribution in [3.8, 4) is 22.6 Å². The summed E-state index contributed by atoms with van der Waals surface area (Å²) in [7, 11) is -8.07. The molecule has 0 atom stereocenters. The highest BCUT2D eigenvalue weighted by Gasteiger charge is 2.32. The number of carbonyl (C=O) groups excluding carboxylic acids is 1. The number of nitrogens with zero attached hydrogens (tertiary/aromatic N) is 4. The van der Waals surface area contributed by atoms with E-state index in [9.17, 15) is 21.6 Å². The Bertz CT molecular complexity index is 3100. The number of halogens is 1. The van der Waals surface area contributed by atoms with Crippen LogP contribution >= 0.6 is 11.6 Å². The van der Waals surface area contributed by atoms with Gasteiger partial charge in [-0.3, -0.25) is 14.7 Å². The Labute approximate surface area is 390 Å². The number of aromatic nitrogens is 1. The van der Waals surface area contributed by atoms with Gasteiger partial charge in [0.25, 0.3) is 15.9 Å². The molecule has 2 saturated heterocycles. The highest BCUT2D eigenvalue weighted by Crippen LogP contribution is 2.33. The minimum Gasteiger partial charge on any atom is -0.456 e. The first kappa shape index (κ1) is 44.9. The number of hydrogen-bond acceptors (Lipinski definition) is 10. The fraction of sp³-hybridized carbons (Fsp3) is 0.216. The number of piperidine rings is 1. The van der Waals surface area contributed by atoms with Gasteiger partial charge in [-0.1, -0.05) is 84.4 Å². The fourth-order valence-electron chi connectivity index (χ4n) is 8.65. The number of nitrogens with one attached hydrogen (secondary N) is 2. The van der Waals surface area contributed by atoms with E-state index < -0.39 is 26.0 Å². The summed E-state index contributed by atoms with van der Waals surface area (Å²) in [6.07, 6.45) is 2.70. The van der Waals surface area contributed by atoms with Gasteiger partial charge in [-0.2, -0.15) is 4.31 Å². The molecule has 0 radical (unpaired) electrons. The topological polar surface area (TPSA) is 141 Å².